The molecule has 4 heteroatoms. The van der Waals surface area contributed by atoms with Crippen LogP contribution in [0.5, 0.6) is 5.88 Å². The second kappa shape index (κ2) is 4.87. The van der Waals surface area contributed by atoms with E-state index in [1.807, 2.05) is 30.5 Å². The molecule has 3 aromatic rings. The van der Waals surface area contributed by atoms with Gasteiger partial charge in [0.2, 0.25) is 5.88 Å². The quantitative estimate of drug-likeness (QED) is 0.761. The molecule has 0 fully saturated rings. The molecule has 0 unspecified atom stereocenters. The second-order valence-electron chi connectivity index (χ2n) is 4.00. The molecule has 1 aromatic carbocycles. The molecule has 0 bridgehead atoms. The predicted octanol–water partition coefficient (Wildman–Crippen LogP) is 2.58. The number of rotatable bonds is 4. The maximum atomic E-state index is 5.70. The number of aromatic nitrogens is 3. The van der Waals surface area contributed by atoms with Crippen molar-refractivity contribution in [3.8, 4) is 5.88 Å². The Balaban J connectivity index is 1.68. The highest BCUT2D eigenvalue weighted by atomic mass is 16.5. The van der Waals surface area contributed by atoms with Gasteiger partial charge in [-0.3, -0.25) is 0 Å². The van der Waals surface area contributed by atoms with Gasteiger partial charge in [-0.15, -0.1) is 0 Å². The lowest BCUT2D eigenvalue weighted by Crippen LogP contribution is -2.03. The third-order valence-corrected chi connectivity index (χ3v) is 2.78. The lowest BCUT2D eigenvalue weighted by atomic mass is 10.2. The molecule has 2 aromatic heterocycles. The summed E-state index contributed by atoms with van der Waals surface area (Å²) in [5, 5.41) is 0. The summed E-state index contributed by atoms with van der Waals surface area (Å²) in [6.07, 6.45) is 4.23. The molecule has 0 spiro atoms. The second-order valence-corrected chi connectivity index (χ2v) is 4.00. The van der Waals surface area contributed by atoms with Gasteiger partial charge in [0.15, 0.2) is 0 Å². The van der Waals surface area contributed by atoms with Crippen molar-refractivity contribution in [1.82, 2.24) is 15.0 Å². The standard InChI is InChI=1S/C14H13N3O/c1-2-4-11(5-3-1)7-9-18-14-13-12(6-8-15-13)16-10-17-14/h1-6,8,10,15H,7,9H2. The third-order valence-electron chi connectivity index (χ3n) is 2.78. The smallest absolute Gasteiger partial charge is 0.241 e. The Kier molecular flexibility index (Phi) is 2.92. The van der Waals surface area contributed by atoms with Gasteiger partial charge in [0, 0.05) is 12.6 Å². The fraction of sp³-hybridized carbons (Fsp3) is 0.143. The zero-order valence-electron chi connectivity index (χ0n) is 9.84. The van der Waals surface area contributed by atoms with Gasteiger partial charge in [0.1, 0.15) is 11.8 Å². The van der Waals surface area contributed by atoms with E-state index in [-0.39, 0.29) is 0 Å². The Morgan fingerprint density at radius 1 is 1.06 bits per heavy atom. The van der Waals surface area contributed by atoms with E-state index in [1.165, 1.54) is 11.9 Å². The summed E-state index contributed by atoms with van der Waals surface area (Å²) in [6.45, 7) is 0.606. The molecule has 0 aliphatic carbocycles. The van der Waals surface area contributed by atoms with Crippen LogP contribution in [0.1, 0.15) is 5.56 Å². The van der Waals surface area contributed by atoms with Crippen LogP contribution in [0.4, 0.5) is 0 Å². The van der Waals surface area contributed by atoms with Crippen molar-refractivity contribution in [1.29, 1.82) is 0 Å². The van der Waals surface area contributed by atoms with E-state index >= 15 is 0 Å². The molecule has 0 aliphatic rings. The molecular formula is C14H13N3O. The first-order valence-electron chi connectivity index (χ1n) is 5.88. The molecule has 0 atom stereocenters. The number of hydrogen-bond acceptors (Lipinski definition) is 3. The Morgan fingerprint density at radius 3 is 2.83 bits per heavy atom. The lowest BCUT2D eigenvalue weighted by molar-refractivity contribution is 0.312. The number of benzene rings is 1. The van der Waals surface area contributed by atoms with Gasteiger partial charge in [-0.1, -0.05) is 30.3 Å². The lowest BCUT2D eigenvalue weighted by Gasteiger charge is -2.05. The SMILES string of the molecule is c1ccc(CCOc2ncnc3cc[nH]c23)cc1. The van der Waals surface area contributed by atoms with Crippen molar-refractivity contribution >= 4 is 11.0 Å². The fourth-order valence-corrected chi connectivity index (χ4v) is 1.87. The topological polar surface area (TPSA) is 50.8 Å². The number of hydrogen-bond donors (Lipinski definition) is 1. The Labute approximate surface area is 105 Å². The summed E-state index contributed by atoms with van der Waals surface area (Å²) in [6, 6.07) is 12.2. The van der Waals surface area contributed by atoms with Gasteiger partial charge in [-0.25, -0.2) is 4.98 Å². The van der Waals surface area contributed by atoms with Crippen LogP contribution in [0.2, 0.25) is 0 Å². The predicted molar refractivity (Wildman–Crippen MR) is 69.5 cm³/mol. The normalized spacial score (nSPS) is 10.7. The molecule has 3 rings (SSSR count). The molecule has 0 amide bonds. The Morgan fingerprint density at radius 2 is 1.94 bits per heavy atom. The van der Waals surface area contributed by atoms with E-state index in [1.54, 1.807) is 0 Å². The van der Waals surface area contributed by atoms with E-state index in [0.717, 1.165) is 17.5 Å². The highest BCUT2D eigenvalue weighted by Crippen LogP contribution is 2.18. The van der Waals surface area contributed by atoms with Crippen LogP contribution >= 0.6 is 0 Å². The van der Waals surface area contributed by atoms with Crippen molar-refractivity contribution in [2.45, 2.75) is 6.42 Å². The van der Waals surface area contributed by atoms with Crippen LogP contribution < -0.4 is 4.74 Å². The van der Waals surface area contributed by atoms with Crippen molar-refractivity contribution in [2.24, 2.45) is 0 Å². The molecule has 2 heterocycles. The first-order valence-corrected chi connectivity index (χ1v) is 5.88. The summed E-state index contributed by atoms with van der Waals surface area (Å²) in [4.78, 5) is 11.4. The molecule has 0 radical (unpaired) electrons. The molecule has 90 valence electrons. The van der Waals surface area contributed by atoms with Crippen molar-refractivity contribution in [2.75, 3.05) is 6.61 Å². The van der Waals surface area contributed by atoms with Gasteiger partial charge < -0.3 is 9.72 Å². The van der Waals surface area contributed by atoms with E-state index in [4.69, 9.17) is 4.74 Å². The average Bonchev–Trinajstić information content (AvgIpc) is 2.89. The minimum Gasteiger partial charge on any atom is -0.476 e. The molecule has 1 N–H and O–H groups in total. The molecule has 0 saturated heterocycles. The Bertz CT molecular complexity index is 634. The molecule has 4 nitrogen and oxygen atoms in total. The minimum atomic E-state index is 0.606. The summed E-state index contributed by atoms with van der Waals surface area (Å²) in [5.41, 5.74) is 2.99. The first-order chi connectivity index (χ1) is 8.93. The highest BCUT2D eigenvalue weighted by molar-refractivity contribution is 5.79. The fourth-order valence-electron chi connectivity index (χ4n) is 1.87. The number of nitrogens with zero attached hydrogens (tertiary/aromatic N) is 2. The zero-order valence-corrected chi connectivity index (χ0v) is 9.84. The van der Waals surface area contributed by atoms with Gasteiger partial charge in [0.25, 0.3) is 0 Å². The summed E-state index contributed by atoms with van der Waals surface area (Å²) in [7, 11) is 0. The van der Waals surface area contributed by atoms with Crippen LogP contribution in [0.3, 0.4) is 0 Å². The number of ether oxygens (including phenoxy) is 1. The van der Waals surface area contributed by atoms with Crippen LogP contribution in [0.15, 0.2) is 48.9 Å². The summed E-state index contributed by atoms with van der Waals surface area (Å²) in [5.74, 6) is 0.612. The molecule has 0 saturated carbocycles. The average molecular weight is 239 g/mol. The maximum Gasteiger partial charge on any atom is 0.241 e. The largest absolute Gasteiger partial charge is 0.476 e. The van der Waals surface area contributed by atoms with Gasteiger partial charge in [0.05, 0.1) is 12.1 Å². The van der Waals surface area contributed by atoms with E-state index in [9.17, 15) is 0 Å². The molecule has 0 aliphatic heterocycles. The van der Waals surface area contributed by atoms with Gasteiger partial charge in [-0.2, -0.15) is 4.98 Å². The van der Waals surface area contributed by atoms with Crippen molar-refractivity contribution in [3.05, 3.63) is 54.5 Å². The van der Waals surface area contributed by atoms with Crippen LogP contribution in [-0.2, 0) is 6.42 Å². The van der Waals surface area contributed by atoms with E-state index in [0.29, 0.717) is 12.5 Å². The maximum absolute atomic E-state index is 5.70. The first kappa shape index (κ1) is 10.8. The van der Waals surface area contributed by atoms with E-state index < -0.39 is 0 Å². The monoisotopic (exact) mass is 239 g/mol. The highest BCUT2D eigenvalue weighted by Gasteiger charge is 2.05. The number of aromatic amines is 1. The van der Waals surface area contributed by atoms with Crippen LogP contribution in [-0.4, -0.2) is 21.6 Å². The van der Waals surface area contributed by atoms with E-state index in [2.05, 4.69) is 27.1 Å². The molecule has 18 heavy (non-hydrogen) atoms. The van der Waals surface area contributed by atoms with Gasteiger partial charge in [-0.05, 0) is 11.6 Å². The van der Waals surface area contributed by atoms with Crippen LogP contribution in [0.25, 0.3) is 11.0 Å². The third kappa shape index (κ3) is 2.18. The van der Waals surface area contributed by atoms with Gasteiger partial charge >= 0.3 is 0 Å². The molecular weight excluding hydrogens is 226 g/mol. The Hall–Kier alpha value is -2.36. The minimum absolute atomic E-state index is 0.606. The number of fused-ring (bicyclic) bond motifs is 1. The summed E-state index contributed by atoms with van der Waals surface area (Å²) >= 11 is 0. The van der Waals surface area contributed by atoms with Crippen molar-refractivity contribution < 1.29 is 4.74 Å². The van der Waals surface area contributed by atoms with Crippen molar-refractivity contribution in [3.63, 3.8) is 0 Å². The number of H-pyrrole nitrogens is 1. The zero-order chi connectivity index (χ0) is 12.2. The summed E-state index contributed by atoms with van der Waals surface area (Å²) < 4.78 is 5.70. The number of nitrogens with one attached hydrogen (secondary N) is 1. The van der Waals surface area contributed by atoms with Crippen LogP contribution in [0, 0.1) is 0 Å².